The number of carbonyl (C=O) groups excluding carboxylic acids is 1. The van der Waals surface area contributed by atoms with Gasteiger partial charge < -0.3 is 20.4 Å². The Balaban J connectivity index is 1.65. The molecule has 3 aromatic carbocycles. The van der Waals surface area contributed by atoms with Gasteiger partial charge in [0.1, 0.15) is 11.5 Å². The van der Waals surface area contributed by atoms with Crippen LogP contribution < -0.4 is 5.32 Å². The minimum Gasteiger partial charge on any atom is -0.507 e. The number of hydrogen-bond acceptors (Lipinski definition) is 5. The van der Waals surface area contributed by atoms with Crippen LogP contribution in [0.4, 0.5) is 0 Å². The van der Waals surface area contributed by atoms with Crippen molar-refractivity contribution in [3.63, 3.8) is 0 Å². The van der Waals surface area contributed by atoms with Gasteiger partial charge in [0.15, 0.2) is 0 Å². The number of benzene rings is 3. The van der Waals surface area contributed by atoms with Gasteiger partial charge in [-0.2, -0.15) is 5.10 Å². The van der Waals surface area contributed by atoms with E-state index in [1.165, 1.54) is 12.1 Å². The van der Waals surface area contributed by atoms with Crippen LogP contribution in [0.5, 0.6) is 11.5 Å². The summed E-state index contributed by atoms with van der Waals surface area (Å²) < 4.78 is 1.72. The van der Waals surface area contributed by atoms with Crippen molar-refractivity contribution in [3.05, 3.63) is 95.2 Å². The average Bonchev–Trinajstić information content (AvgIpc) is 3.32. The number of aromatic hydroxyl groups is 2. The second-order valence-corrected chi connectivity index (χ2v) is 9.27. The molecule has 0 aliphatic carbocycles. The molecule has 0 saturated heterocycles. The Kier molecular flexibility index (Phi) is 7.41. The van der Waals surface area contributed by atoms with E-state index < -0.39 is 0 Å². The standard InChI is InChI=1S/C29H32N4O3/c1-19(2)30-17-21-10-6-7-11-22(21)18-32(4)29(36)24-15-23(27(34)16-28(24)35)26-13-14-31-33(26)25-12-8-5-9-20(25)3/h5-16,19,30,34-35H,17-18H2,1-4H3. The highest BCUT2D eigenvalue weighted by Gasteiger charge is 2.22. The van der Waals surface area contributed by atoms with Gasteiger partial charge in [-0.05, 0) is 41.8 Å². The van der Waals surface area contributed by atoms with Gasteiger partial charge in [0, 0.05) is 37.8 Å². The predicted octanol–water partition coefficient (Wildman–Crippen LogP) is 5.03. The molecule has 0 spiro atoms. The van der Waals surface area contributed by atoms with Crippen molar-refractivity contribution in [2.45, 2.75) is 39.9 Å². The van der Waals surface area contributed by atoms with Crippen LogP contribution in [0.3, 0.4) is 0 Å². The minimum atomic E-state index is -0.345. The number of phenols is 2. The van der Waals surface area contributed by atoms with Crippen molar-refractivity contribution in [1.82, 2.24) is 20.0 Å². The number of aryl methyl sites for hydroxylation is 1. The summed E-state index contributed by atoms with van der Waals surface area (Å²) in [6.07, 6.45) is 1.64. The predicted molar refractivity (Wildman–Crippen MR) is 141 cm³/mol. The zero-order chi connectivity index (χ0) is 25.8. The fourth-order valence-electron chi connectivity index (χ4n) is 4.19. The third-order valence-corrected chi connectivity index (χ3v) is 6.18. The molecule has 0 aliphatic heterocycles. The number of aromatic nitrogens is 2. The largest absolute Gasteiger partial charge is 0.507 e. The van der Waals surface area contributed by atoms with Gasteiger partial charge in [-0.15, -0.1) is 0 Å². The Morgan fingerprint density at radius 2 is 1.69 bits per heavy atom. The molecule has 4 rings (SSSR count). The molecule has 0 fully saturated rings. The highest BCUT2D eigenvalue weighted by Crippen LogP contribution is 2.36. The molecule has 0 unspecified atom stereocenters. The van der Waals surface area contributed by atoms with E-state index in [-0.39, 0.29) is 23.0 Å². The summed E-state index contributed by atoms with van der Waals surface area (Å²) in [7, 11) is 1.71. The van der Waals surface area contributed by atoms with E-state index in [1.54, 1.807) is 28.9 Å². The summed E-state index contributed by atoms with van der Waals surface area (Å²) in [5.74, 6) is -0.751. The monoisotopic (exact) mass is 484 g/mol. The fraction of sp³-hybridized carbons (Fsp3) is 0.241. The second kappa shape index (κ2) is 10.7. The van der Waals surface area contributed by atoms with E-state index in [0.717, 1.165) is 22.4 Å². The molecule has 1 heterocycles. The van der Waals surface area contributed by atoms with Crippen molar-refractivity contribution in [3.8, 4) is 28.4 Å². The summed E-state index contributed by atoms with van der Waals surface area (Å²) in [5.41, 5.74) is 5.15. The van der Waals surface area contributed by atoms with E-state index in [4.69, 9.17) is 0 Å². The first-order valence-corrected chi connectivity index (χ1v) is 12.0. The minimum absolute atomic E-state index is 0.112. The van der Waals surface area contributed by atoms with Crippen molar-refractivity contribution in [2.75, 3.05) is 7.05 Å². The Bertz CT molecular complexity index is 1380. The smallest absolute Gasteiger partial charge is 0.257 e. The Morgan fingerprint density at radius 3 is 2.42 bits per heavy atom. The Labute approximate surface area is 211 Å². The molecule has 0 atom stereocenters. The molecule has 3 N–H and O–H groups in total. The Hall–Kier alpha value is -4.10. The molecule has 1 aromatic heterocycles. The van der Waals surface area contributed by atoms with Gasteiger partial charge in [0.2, 0.25) is 0 Å². The SMILES string of the molecule is Cc1ccccc1-n1nccc1-c1cc(C(=O)N(C)Cc2ccccc2CNC(C)C)c(O)cc1O. The first-order valence-electron chi connectivity index (χ1n) is 12.0. The molecular formula is C29H32N4O3. The molecule has 7 nitrogen and oxygen atoms in total. The summed E-state index contributed by atoms with van der Waals surface area (Å²) in [4.78, 5) is 15.0. The highest BCUT2D eigenvalue weighted by atomic mass is 16.3. The number of amides is 1. The fourth-order valence-corrected chi connectivity index (χ4v) is 4.19. The topological polar surface area (TPSA) is 90.6 Å². The maximum Gasteiger partial charge on any atom is 0.257 e. The van der Waals surface area contributed by atoms with E-state index in [1.807, 2.05) is 55.5 Å². The van der Waals surface area contributed by atoms with Crippen LogP contribution in [-0.4, -0.2) is 43.9 Å². The van der Waals surface area contributed by atoms with Crippen LogP contribution in [-0.2, 0) is 13.1 Å². The number of phenolic OH excluding ortho intramolecular Hbond substituents is 2. The third kappa shape index (κ3) is 5.26. The summed E-state index contributed by atoms with van der Waals surface area (Å²) in [6, 6.07) is 20.6. The number of carbonyl (C=O) groups is 1. The zero-order valence-electron chi connectivity index (χ0n) is 21.1. The maximum atomic E-state index is 13.4. The lowest BCUT2D eigenvalue weighted by atomic mass is 10.0. The van der Waals surface area contributed by atoms with Crippen LogP contribution in [0.25, 0.3) is 16.9 Å². The number of nitrogens with zero attached hydrogens (tertiary/aromatic N) is 3. The van der Waals surface area contributed by atoms with Gasteiger partial charge in [0.25, 0.3) is 5.91 Å². The van der Waals surface area contributed by atoms with Gasteiger partial charge in [-0.1, -0.05) is 56.3 Å². The number of nitrogens with one attached hydrogen (secondary N) is 1. The quantitative estimate of drug-likeness (QED) is 0.326. The first kappa shape index (κ1) is 25.0. The molecule has 186 valence electrons. The molecule has 0 bridgehead atoms. The van der Waals surface area contributed by atoms with Gasteiger partial charge >= 0.3 is 0 Å². The van der Waals surface area contributed by atoms with Crippen LogP contribution in [0, 0.1) is 6.92 Å². The lowest BCUT2D eigenvalue weighted by molar-refractivity contribution is 0.0781. The maximum absolute atomic E-state index is 13.4. The third-order valence-electron chi connectivity index (χ3n) is 6.18. The molecule has 7 heteroatoms. The number of para-hydroxylation sites is 1. The lowest BCUT2D eigenvalue weighted by Gasteiger charge is -2.21. The van der Waals surface area contributed by atoms with Gasteiger partial charge in [0.05, 0.1) is 23.1 Å². The molecule has 0 saturated carbocycles. The average molecular weight is 485 g/mol. The van der Waals surface area contributed by atoms with Crippen molar-refractivity contribution in [2.24, 2.45) is 0 Å². The summed E-state index contributed by atoms with van der Waals surface area (Å²) in [6.45, 7) is 7.25. The van der Waals surface area contributed by atoms with Crippen molar-refractivity contribution < 1.29 is 15.0 Å². The van der Waals surface area contributed by atoms with E-state index in [9.17, 15) is 15.0 Å². The molecule has 36 heavy (non-hydrogen) atoms. The van der Waals surface area contributed by atoms with Crippen LogP contribution in [0.1, 0.15) is 40.9 Å². The summed E-state index contributed by atoms with van der Waals surface area (Å²) >= 11 is 0. The molecule has 4 aromatic rings. The lowest BCUT2D eigenvalue weighted by Crippen LogP contribution is -2.28. The molecular weight excluding hydrogens is 452 g/mol. The summed E-state index contributed by atoms with van der Waals surface area (Å²) in [5, 5.41) is 29.1. The molecule has 1 amide bonds. The normalized spacial score (nSPS) is 11.1. The molecule has 0 radical (unpaired) electrons. The van der Waals surface area contributed by atoms with E-state index >= 15 is 0 Å². The van der Waals surface area contributed by atoms with Crippen molar-refractivity contribution >= 4 is 5.91 Å². The van der Waals surface area contributed by atoms with Gasteiger partial charge in [-0.3, -0.25) is 4.79 Å². The molecule has 0 aliphatic rings. The van der Waals surface area contributed by atoms with Crippen molar-refractivity contribution in [1.29, 1.82) is 0 Å². The first-order chi connectivity index (χ1) is 17.3. The van der Waals surface area contributed by atoms with Crippen LogP contribution in [0.15, 0.2) is 72.9 Å². The highest BCUT2D eigenvalue weighted by molar-refractivity contribution is 5.98. The van der Waals surface area contributed by atoms with Crippen LogP contribution in [0.2, 0.25) is 0 Å². The Morgan fingerprint density at radius 1 is 1.00 bits per heavy atom. The van der Waals surface area contributed by atoms with Crippen LogP contribution >= 0.6 is 0 Å². The number of rotatable bonds is 8. The van der Waals surface area contributed by atoms with Gasteiger partial charge in [-0.25, -0.2) is 4.68 Å². The second-order valence-electron chi connectivity index (χ2n) is 9.27. The number of hydrogen-bond donors (Lipinski definition) is 3. The zero-order valence-corrected chi connectivity index (χ0v) is 21.1. The van der Waals surface area contributed by atoms with E-state index in [0.29, 0.717) is 30.4 Å². The van der Waals surface area contributed by atoms with E-state index in [2.05, 4.69) is 24.3 Å².